The quantitative estimate of drug-likeness (QED) is 0.378. The first-order valence-corrected chi connectivity index (χ1v) is 2.03. The minimum atomic E-state index is -2.64. The second-order valence-electron chi connectivity index (χ2n) is 0.926. The van der Waals surface area contributed by atoms with Crippen LogP contribution in [0.4, 0.5) is 8.78 Å². The molecule has 0 unspecified atom stereocenters. The van der Waals surface area contributed by atoms with Crippen LogP contribution in [0.1, 0.15) is 6.92 Å². The average molecular weight is 124 g/mol. The summed E-state index contributed by atoms with van der Waals surface area (Å²) in [4.78, 5) is -0.00463. The summed E-state index contributed by atoms with van der Waals surface area (Å²) in [5.41, 5.74) is 0. The Labute approximate surface area is 45.7 Å². The Hall–Kier alpha value is -0.250. The number of rotatable bonds is 1. The molecule has 0 aliphatic rings. The Bertz CT molecular complexity index is 73.3. The molecule has 0 heterocycles. The van der Waals surface area contributed by atoms with Crippen molar-refractivity contribution in [2.75, 3.05) is 0 Å². The van der Waals surface area contributed by atoms with Gasteiger partial charge >= 0.3 is 6.55 Å². The smallest absolute Gasteiger partial charge is 0.213 e. The fraction of sp³-hybridized carbons (Fsp3) is 0.667. The molecule has 7 heavy (non-hydrogen) atoms. The monoisotopic (exact) mass is 124 g/mol. The lowest BCUT2D eigenvalue weighted by Gasteiger charge is -1.92. The van der Waals surface area contributed by atoms with E-state index >= 15 is 0 Å². The van der Waals surface area contributed by atoms with E-state index in [2.05, 4.69) is 17.5 Å². The molecule has 0 aromatic carbocycles. The number of hydrogen-bond acceptors (Lipinski definition) is 1. The first-order valence-electron chi connectivity index (χ1n) is 1.62. The summed E-state index contributed by atoms with van der Waals surface area (Å²) in [6.07, 6.45) is 0. The zero-order valence-corrected chi connectivity index (χ0v) is 4.51. The summed E-state index contributed by atoms with van der Waals surface area (Å²) in [6, 6.07) is 0. The van der Waals surface area contributed by atoms with Crippen LogP contribution in [0.25, 0.3) is 0 Å². The molecule has 0 amide bonds. The zero-order valence-electron chi connectivity index (χ0n) is 3.69. The van der Waals surface area contributed by atoms with Crippen molar-refractivity contribution in [2.45, 2.75) is 13.5 Å². The molecule has 0 aromatic rings. The molecular weight excluding hydrogens is 120 g/mol. The van der Waals surface area contributed by atoms with Crippen molar-refractivity contribution in [3.63, 3.8) is 0 Å². The van der Waals surface area contributed by atoms with Gasteiger partial charge in [0.1, 0.15) is 4.99 Å². The SMILES string of the molecule is CC(=S)[N]C(F)F. The van der Waals surface area contributed by atoms with Crippen LogP contribution in [0, 0.1) is 0 Å². The summed E-state index contributed by atoms with van der Waals surface area (Å²) in [7, 11) is 0. The van der Waals surface area contributed by atoms with Gasteiger partial charge in [-0.3, -0.25) is 0 Å². The van der Waals surface area contributed by atoms with Crippen molar-refractivity contribution >= 4 is 17.2 Å². The molecule has 41 valence electrons. The summed E-state index contributed by atoms with van der Waals surface area (Å²) in [5.74, 6) is 0. The van der Waals surface area contributed by atoms with Crippen LogP contribution in [0.3, 0.4) is 0 Å². The van der Waals surface area contributed by atoms with Crippen LogP contribution in [0.2, 0.25) is 0 Å². The number of halogens is 2. The largest absolute Gasteiger partial charge is 0.332 e. The van der Waals surface area contributed by atoms with E-state index in [-0.39, 0.29) is 4.99 Å². The number of hydrogen-bond donors (Lipinski definition) is 0. The van der Waals surface area contributed by atoms with Crippen molar-refractivity contribution in [3.05, 3.63) is 0 Å². The second-order valence-corrected chi connectivity index (χ2v) is 1.52. The van der Waals surface area contributed by atoms with Crippen LogP contribution >= 0.6 is 12.2 Å². The van der Waals surface area contributed by atoms with E-state index < -0.39 is 6.55 Å². The Morgan fingerprint density at radius 1 is 1.71 bits per heavy atom. The summed E-state index contributed by atoms with van der Waals surface area (Å²) >= 11 is 4.23. The van der Waals surface area contributed by atoms with Crippen LogP contribution in [-0.2, 0) is 0 Å². The van der Waals surface area contributed by atoms with Gasteiger partial charge in [-0.15, -0.1) is 0 Å². The van der Waals surface area contributed by atoms with E-state index in [1.54, 1.807) is 0 Å². The number of thiocarbonyl (C=S) groups is 1. The standard InChI is InChI=1S/C3H4F2NS/c1-2(7)6-3(4)5/h3H,1H3. The summed E-state index contributed by atoms with van der Waals surface area (Å²) in [6.45, 7) is -1.29. The van der Waals surface area contributed by atoms with E-state index in [1.165, 1.54) is 6.92 Å². The molecule has 4 heteroatoms. The molecule has 0 bridgehead atoms. The minimum absolute atomic E-state index is 0.00463. The van der Waals surface area contributed by atoms with Crippen LogP contribution in [0.15, 0.2) is 0 Å². The molecule has 0 spiro atoms. The first-order chi connectivity index (χ1) is 3.13. The predicted octanol–water partition coefficient (Wildman–Crippen LogP) is 1.16. The molecule has 0 saturated heterocycles. The van der Waals surface area contributed by atoms with Gasteiger partial charge in [-0.25, -0.2) is 5.32 Å². The molecule has 0 N–H and O–H groups in total. The van der Waals surface area contributed by atoms with Crippen molar-refractivity contribution < 1.29 is 8.78 Å². The Morgan fingerprint density at radius 3 is 2.14 bits per heavy atom. The maximum atomic E-state index is 11.0. The maximum Gasteiger partial charge on any atom is 0.332 e. The van der Waals surface area contributed by atoms with Gasteiger partial charge in [0.15, 0.2) is 0 Å². The van der Waals surface area contributed by atoms with E-state index in [4.69, 9.17) is 0 Å². The van der Waals surface area contributed by atoms with E-state index in [9.17, 15) is 8.78 Å². The maximum absolute atomic E-state index is 11.0. The van der Waals surface area contributed by atoms with E-state index in [1.807, 2.05) is 0 Å². The highest BCUT2D eigenvalue weighted by molar-refractivity contribution is 7.80. The summed E-state index contributed by atoms with van der Waals surface area (Å²) in [5, 5.41) is 2.68. The molecule has 0 aromatic heterocycles. The van der Waals surface area contributed by atoms with Crippen molar-refractivity contribution in [1.82, 2.24) is 5.32 Å². The highest BCUT2D eigenvalue weighted by atomic mass is 32.1. The van der Waals surface area contributed by atoms with Gasteiger partial charge < -0.3 is 0 Å². The van der Waals surface area contributed by atoms with E-state index in [0.29, 0.717) is 0 Å². The molecule has 0 rings (SSSR count). The van der Waals surface area contributed by atoms with Gasteiger partial charge in [0.2, 0.25) is 0 Å². The number of nitrogens with zero attached hydrogens (tertiary/aromatic N) is 1. The number of alkyl halides is 2. The molecule has 0 aliphatic heterocycles. The third-order valence-electron chi connectivity index (χ3n) is 0.279. The minimum Gasteiger partial charge on any atom is -0.213 e. The Balaban J connectivity index is 3.13. The molecule has 0 saturated carbocycles. The first kappa shape index (κ1) is 6.75. The van der Waals surface area contributed by atoms with Crippen LogP contribution in [0.5, 0.6) is 0 Å². The van der Waals surface area contributed by atoms with Crippen molar-refractivity contribution in [1.29, 1.82) is 0 Å². The zero-order chi connectivity index (χ0) is 5.86. The second kappa shape index (κ2) is 2.85. The highest BCUT2D eigenvalue weighted by Crippen LogP contribution is 1.87. The Kier molecular flexibility index (Phi) is 2.75. The van der Waals surface area contributed by atoms with Crippen molar-refractivity contribution in [2.24, 2.45) is 0 Å². The summed E-state index contributed by atoms with van der Waals surface area (Å²) < 4.78 is 22.1. The lowest BCUT2D eigenvalue weighted by Crippen LogP contribution is -2.14. The van der Waals surface area contributed by atoms with Gasteiger partial charge in [0.25, 0.3) is 0 Å². The lowest BCUT2D eigenvalue weighted by atomic mass is 10.8. The molecule has 1 nitrogen and oxygen atoms in total. The average Bonchev–Trinajstić information content (AvgIpc) is 1.27. The molecule has 0 fully saturated rings. The Morgan fingerprint density at radius 2 is 2.14 bits per heavy atom. The van der Waals surface area contributed by atoms with Crippen LogP contribution < -0.4 is 5.32 Å². The third-order valence-corrected chi connectivity index (χ3v) is 0.385. The predicted molar refractivity (Wildman–Crippen MR) is 26.4 cm³/mol. The molecular formula is C3H4F2NS. The van der Waals surface area contributed by atoms with Gasteiger partial charge in [0.05, 0.1) is 0 Å². The highest BCUT2D eigenvalue weighted by Gasteiger charge is 2.00. The third kappa shape index (κ3) is 5.75. The molecule has 0 aliphatic carbocycles. The fourth-order valence-corrected chi connectivity index (χ4v) is 0.217. The normalized spacial score (nSPS) is 9.14. The fourth-order valence-electron chi connectivity index (χ4n) is 0.137. The van der Waals surface area contributed by atoms with Gasteiger partial charge in [-0.2, -0.15) is 8.78 Å². The lowest BCUT2D eigenvalue weighted by molar-refractivity contribution is 0.129. The van der Waals surface area contributed by atoms with Crippen LogP contribution in [-0.4, -0.2) is 11.5 Å². The van der Waals surface area contributed by atoms with Gasteiger partial charge in [-0.1, -0.05) is 12.2 Å². The molecule has 0 atom stereocenters. The van der Waals surface area contributed by atoms with Crippen molar-refractivity contribution in [3.8, 4) is 0 Å². The van der Waals surface area contributed by atoms with Gasteiger partial charge in [0, 0.05) is 0 Å². The topological polar surface area (TPSA) is 14.1 Å². The van der Waals surface area contributed by atoms with E-state index in [0.717, 1.165) is 0 Å². The van der Waals surface area contributed by atoms with Gasteiger partial charge in [-0.05, 0) is 6.92 Å². The molecule has 1 radical (unpaired) electrons.